The molecule has 0 N–H and O–H groups in total. The highest BCUT2D eigenvalue weighted by atomic mass is 35.5. The third-order valence-corrected chi connectivity index (χ3v) is 6.59. The van der Waals surface area contributed by atoms with Crippen LogP contribution in [-0.4, -0.2) is 30.7 Å². The molecule has 0 amide bonds. The zero-order valence-corrected chi connectivity index (χ0v) is 19.6. The first-order chi connectivity index (χ1) is 15.8. The van der Waals surface area contributed by atoms with Gasteiger partial charge in [-0.3, -0.25) is 9.36 Å². The van der Waals surface area contributed by atoms with Gasteiger partial charge in [0.2, 0.25) is 0 Å². The largest absolute Gasteiger partial charge is 0.466 e. The van der Waals surface area contributed by atoms with Crippen molar-refractivity contribution in [2.45, 2.75) is 13.0 Å². The highest BCUT2D eigenvalue weighted by Crippen LogP contribution is 2.30. The lowest BCUT2D eigenvalue weighted by atomic mass is 9.95. The summed E-state index contributed by atoms with van der Waals surface area (Å²) in [6.07, 6.45) is 1.71. The summed E-state index contributed by atoms with van der Waals surface area (Å²) in [6.45, 7) is 1.70. The molecule has 168 valence electrons. The first-order valence-corrected chi connectivity index (χ1v) is 11.1. The quantitative estimate of drug-likeness (QED) is 0.534. The Morgan fingerprint density at radius 1 is 1.06 bits per heavy atom. The van der Waals surface area contributed by atoms with Gasteiger partial charge in [0, 0.05) is 5.02 Å². The molecule has 2 heterocycles. The lowest BCUT2D eigenvalue weighted by molar-refractivity contribution is -0.136. The van der Waals surface area contributed by atoms with E-state index in [0.717, 1.165) is 0 Å². The molecule has 0 radical (unpaired) electrons. The van der Waals surface area contributed by atoms with Gasteiger partial charge in [-0.25, -0.2) is 14.6 Å². The normalized spacial score (nSPS) is 15.6. The Hall–Kier alpha value is -3.49. The molecule has 0 saturated heterocycles. The standard InChI is InChI=1S/C24H19ClN2O5S/c1-13-19(23(30)32-3)20(14-8-10-15(11-9-14)22(29)31-2)27-21(28)18(33-24(27)26-13)12-16-6-4-5-7-17(16)25/h4-12,20H,1-3H3/b18-12-/t20-/m1/s1. The number of fused-ring (bicyclic) bond motifs is 1. The Kier molecular flexibility index (Phi) is 6.31. The number of ether oxygens (including phenoxy) is 2. The van der Waals surface area contributed by atoms with E-state index < -0.39 is 18.0 Å². The van der Waals surface area contributed by atoms with E-state index in [4.69, 9.17) is 21.1 Å². The number of aromatic nitrogens is 1. The van der Waals surface area contributed by atoms with Crippen LogP contribution in [0.15, 0.2) is 69.6 Å². The topological polar surface area (TPSA) is 87.0 Å². The van der Waals surface area contributed by atoms with E-state index in [9.17, 15) is 14.4 Å². The highest BCUT2D eigenvalue weighted by Gasteiger charge is 2.33. The Labute approximate surface area is 197 Å². The summed E-state index contributed by atoms with van der Waals surface area (Å²) in [7, 11) is 2.58. The van der Waals surface area contributed by atoms with Crippen molar-refractivity contribution < 1.29 is 19.1 Å². The summed E-state index contributed by atoms with van der Waals surface area (Å²) in [5, 5.41) is 0.518. The van der Waals surface area contributed by atoms with Crippen LogP contribution in [0, 0.1) is 0 Å². The molecule has 7 nitrogen and oxygen atoms in total. The summed E-state index contributed by atoms with van der Waals surface area (Å²) >= 11 is 7.48. The highest BCUT2D eigenvalue weighted by molar-refractivity contribution is 7.07. The number of allylic oxidation sites excluding steroid dienone is 1. The number of carbonyl (C=O) groups excluding carboxylic acids is 2. The van der Waals surface area contributed by atoms with Crippen LogP contribution in [0.1, 0.15) is 34.5 Å². The average Bonchev–Trinajstić information content (AvgIpc) is 3.13. The van der Waals surface area contributed by atoms with Crippen LogP contribution in [0.2, 0.25) is 5.02 Å². The molecule has 0 fully saturated rings. The zero-order chi connectivity index (χ0) is 23.7. The smallest absolute Gasteiger partial charge is 0.338 e. The Bertz CT molecular complexity index is 1470. The number of hydrogen-bond acceptors (Lipinski definition) is 7. The molecule has 1 atom stereocenters. The first-order valence-electron chi connectivity index (χ1n) is 9.89. The summed E-state index contributed by atoms with van der Waals surface area (Å²) in [6, 6.07) is 13.0. The molecular weight excluding hydrogens is 464 g/mol. The van der Waals surface area contributed by atoms with Gasteiger partial charge in [0.05, 0.1) is 41.6 Å². The molecule has 0 bridgehead atoms. The summed E-state index contributed by atoms with van der Waals surface area (Å²) in [5.41, 5.74) is 2.08. The molecule has 1 aromatic heterocycles. The van der Waals surface area contributed by atoms with Gasteiger partial charge in [0.1, 0.15) is 0 Å². The molecular formula is C24H19ClN2O5S. The molecule has 9 heteroatoms. The monoisotopic (exact) mass is 482 g/mol. The maximum absolute atomic E-state index is 13.5. The van der Waals surface area contributed by atoms with E-state index >= 15 is 0 Å². The van der Waals surface area contributed by atoms with Crippen LogP contribution >= 0.6 is 22.9 Å². The Balaban J connectivity index is 1.95. The minimum Gasteiger partial charge on any atom is -0.466 e. The number of halogens is 1. The molecule has 1 aliphatic heterocycles. The van der Waals surface area contributed by atoms with Crippen LogP contribution in [0.4, 0.5) is 0 Å². The second kappa shape index (κ2) is 9.17. The van der Waals surface area contributed by atoms with E-state index in [-0.39, 0.29) is 11.1 Å². The number of benzene rings is 2. The Morgan fingerprint density at radius 3 is 2.36 bits per heavy atom. The number of rotatable bonds is 4. The average molecular weight is 483 g/mol. The van der Waals surface area contributed by atoms with E-state index in [1.807, 2.05) is 18.2 Å². The number of methoxy groups -OCH3 is 2. The van der Waals surface area contributed by atoms with E-state index in [1.165, 1.54) is 30.1 Å². The molecule has 0 aliphatic carbocycles. The van der Waals surface area contributed by atoms with Crippen molar-refractivity contribution in [3.05, 3.63) is 101 Å². The minimum absolute atomic E-state index is 0.250. The fourth-order valence-corrected chi connectivity index (χ4v) is 4.89. The van der Waals surface area contributed by atoms with Crippen molar-refractivity contribution >= 4 is 41.0 Å². The van der Waals surface area contributed by atoms with E-state index in [1.54, 1.807) is 43.3 Å². The van der Waals surface area contributed by atoms with Crippen LogP contribution in [0.5, 0.6) is 0 Å². The second-order valence-electron chi connectivity index (χ2n) is 7.21. The van der Waals surface area contributed by atoms with Gasteiger partial charge in [-0.2, -0.15) is 0 Å². The van der Waals surface area contributed by atoms with Crippen molar-refractivity contribution in [1.82, 2.24) is 4.57 Å². The third-order valence-electron chi connectivity index (χ3n) is 5.27. The SMILES string of the molecule is COC(=O)C1=C(C)N=c2s/c(=C\c3ccccc3Cl)c(=O)n2[C@@H]1c1ccc(C(=O)OC)cc1. The zero-order valence-electron chi connectivity index (χ0n) is 18.0. The van der Waals surface area contributed by atoms with Gasteiger partial charge in [-0.05, 0) is 42.3 Å². The minimum atomic E-state index is -0.770. The van der Waals surface area contributed by atoms with Crippen LogP contribution < -0.4 is 14.9 Å². The van der Waals surface area contributed by atoms with Crippen LogP contribution in [-0.2, 0) is 14.3 Å². The number of thiazole rings is 1. The summed E-state index contributed by atoms with van der Waals surface area (Å²) < 4.78 is 11.7. The van der Waals surface area contributed by atoms with Gasteiger partial charge in [-0.15, -0.1) is 0 Å². The lowest BCUT2D eigenvalue weighted by Crippen LogP contribution is -2.39. The molecule has 0 saturated carbocycles. The van der Waals surface area contributed by atoms with Gasteiger partial charge >= 0.3 is 11.9 Å². The third kappa shape index (κ3) is 4.15. The fraction of sp³-hybridized carbons (Fsp3) is 0.167. The number of esters is 2. The summed E-state index contributed by atoms with van der Waals surface area (Å²) in [4.78, 5) is 43.0. The maximum Gasteiger partial charge on any atom is 0.338 e. The number of hydrogen-bond donors (Lipinski definition) is 0. The van der Waals surface area contributed by atoms with Crippen molar-refractivity contribution in [2.24, 2.45) is 4.99 Å². The lowest BCUT2D eigenvalue weighted by Gasteiger charge is -2.24. The summed E-state index contributed by atoms with van der Waals surface area (Å²) in [5.74, 6) is -1.07. The molecule has 2 aromatic carbocycles. The van der Waals surface area contributed by atoms with Gasteiger partial charge in [0.15, 0.2) is 4.80 Å². The van der Waals surface area contributed by atoms with Gasteiger partial charge in [-0.1, -0.05) is 53.3 Å². The molecule has 4 rings (SSSR count). The van der Waals surface area contributed by atoms with Crippen molar-refractivity contribution in [3.8, 4) is 0 Å². The van der Waals surface area contributed by atoms with Crippen molar-refractivity contribution in [3.63, 3.8) is 0 Å². The number of carbonyl (C=O) groups is 2. The van der Waals surface area contributed by atoms with Crippen molar-refractivity contribution in [2.75, 3.05) is 14.2 Å². The maximum atomic E-state index is 13.5. The molecule has 3 aromatic rings. The molecule has 0 unspecified atom stereocenters. The van der Waals surface area contributed by atoms with Crippen LogP contribution in [0.3, 0.4) is 0 Å². The molecule has 0 spiro atoms. The van der Waals surface area contributed by atoms with Crippen LogP contribution in [0.25, 0.3) is 6.08 Å². The first kappa shape index (κ1) is 22.7. The second-order valence-corrected chi connectivity index (χ2v) is 8.62. The van der Waals surface area contributed by atoms with Gasteiger partial charge in [0.25, 0.3) is 5.56 Å². The predicted molar refractivity (Wildman–Crippen MR) is 125 cm³/mol. The molecule has 33 heavy (non-hydrogen) atoms. The van der Waals surface area contributed by atoms with Gasteiger partial charge < -0.3 is 9.47 Å². The van der Waals surface area contributed by atoms with E-state index in [2.05, 4.69) is 4.99 Å². The fourth-order valence-electron chi connectivity index (χ4n) is 3.66. The predicted octanol–water partition coefficient (Wildman–Crippen LogP) is 2.85. The van der Waals surface area contributed by atoms with E-state index in [0.29, 0.717) is 36.7 Å². The molecule has 1 aliphatic rings. The Morgan fingerprint density at radius 2 is 1.73 bits per heavy atom. The van der Waals surface area contributed by atoms with Crippen molar-refractivity contribution in [1.29, 1.82) is 0 Å². The number of nitrogens with zero attached hydrogens (tertiary/aromatic N) is 2.